The third-order valence-corrected chi connectivity index (χ3v) is 3.91. The third kappa shape index (κ3) is 4.98. The normalized spacial score (nSPS) is 11.6. The summed E-state index contributed by atoms with van der Waals surface area (Å²) in [5, 5.41) is 6.19. The predicted octanol–water partition coefficient (Wildman–Crippen LogP) is 3.27. The average molecular weight is 327 g/mol. The number of anilines is 1. The van der Waals surface area contributed by atoms with Crippen LogP contribution in [0.25, 0.3) is 0 Å². The zero-order chi connectivity index (χ0) is 17.4. The maximum absolute atomic E-state index is 12.0. The zero-order valence-corrected chi connectivity index (χ0v) is 14.5. The Morgan fingerprint density at radius 1 is 1.25 bits per heavy atom. The Kier molecular flexibility index (Phi) is 6.61. The fourth-order valence-corrected chi connectivity index (χ4v) is 2.28. The summed E-state index contributed by atoms with van der Waals surface area (Å²) in [4.78, 5) is 16.3. The number of aromatic nitrogens is 1. The standard InChI is InChI=1S/C19H25N3O2/c1-4-14(2)22-19(23)16-9-10-18(21-13-16)20-12-11-15-7-5-6-8-17(15)24-3/h5-10,13-14H,4,11-12H2,1-3H3,(H,20,21)(H,22,23). The van der Waals surface area contributed by atoms with Crippen molar-refractivity contribution in [3.8, 4) is 5.75 Å². The number of carbonyl (C=O) groups excluding carboxylic acids is 1. The molecule has 0 aliphatic carbocycles. The Balaban J connectivity index is 1.87. The molecule has 0 bridgehead atoms. The summed E-state index contributed by atoms with van der Waals surface area (Å²) in [6.07, 6.45) is 3.34. The van der Waals surface area contributed by atoms with Gasteiger partial charge in [-0.1, -0.05) is 25.1 Å². The third-order valence-electron chi connectivity index (χ3n) is 3.91. The maximum Gasteiger partial charge on any atom is 0.253 e. The number of para-hydroxylation sites is 1. The number of carbonyl (C=O) groups is 1. The van der Waals surface area contributed by atoms with Crippen molar-refractivity contribution in [2.45, 2.75) is 32.7 Å². The number of hydrogen-bond donors (Lipinski definition) is 2. The molecule has 5 nitrogen and oxygen atoms in total. The van der Waals surface area contributed by atoms with E-state index in [0.717, 1.165) is 36.5 Å². The van der Waals surface area contributed by atoms with Crippen LogP contribution < -0.4 is 15.4 Å². The molecule has 1 atom stereocenters. The lowest BCUT2D eigenvalue weighted by atomic mass is 10.1. The van der Waals surface area contributed by atoms with E-state index in [1.54, 1.807) is 19.4 Å². The van der Waals surface area contributed by atoms with Crippen LogP contribution in [0, 0.1) is 0 Å². The number of benzene rings is 1. The molecule has 1 amide bonds. The Morgan fingerprint density at radius 3 is 2.71 bits per heavy atom. The topological polar surface area (TPSA) is 63.2 Å². The molecule has 0 saturated heterocycles. The second-order valence-corrected chi connectivity index (χ2v) is 5.70. The van der Waals surface area contributed by atoms with Gasteiger partial charge < -0.3 is 15.4 Å². The number of ether oxygens (including phenoxy) is 1. The summed E-state index contributed by atoms with van der Waals surface area (Å²) in [6, 6.07) is 11.7. The van der Waals surface area contributed by atoms with Crippen LogP contribution in [-0.2, 0) is 6.42 Å². The molecule has 1 aromatic heterocycles. The van der Waals surface area contributed by atoms with E-state index < -0.39 is 0 Å². The van der Waals surface area contributed by atoms with Crippen molar-refractivity contribution in [2.75, 3.05) is 19.0 Å². The van der Waals surface area contributed by atoms with E-state index in [2.05, 4.69) is 21.7 Å². The lowest BCUT2D eigenvalue weighted by Crippen LogP contribution is -2.31. The highest BCUT2D eigenvalue weighted by Gasteiger charge is 2.09. The average Bonchev–Trinajstić information content (AvgIpc) is 2.62. The van der Waals surface area contributed by atoms with Gasteiger partial charge >= 0.3 is 0 Å². The maximum atomic E-state index is 12.0. The van der Waals surface area contributed by atoms with Gasteiger partial charge in [-0.25, -0.2) is 4.98 Å². The minimum absolute atomic E-state index is 0.0857. The van der Waals surface area contributed by atoms with Crippen LogP contribution in [0.15, 0.2) is 42.6 Å². The van der Waals surface area contributed by atoms with E-state index in [0.29, 0.717) is 5.56 Å². The van der Waals surface area contributed by atoms with Gasteiger partial charge in [-0.15, -0.1) is 0 Å². The second-order valence-electron chi connectivity index (χ2n) is 5.70. The first-order valence-electron chi connectivity index (χ1n) is 8.26. The number of nitrogens with zero attached hydrogens (tertiary/aromatic N) is 1. The Labute approximate surface area is 143 Å². The van der Waals surface area contributed by atoms with E-state index >= 15 is 0 Å². The molecule has 0 radical (unpaired) electrons. The number of pyridine rings is 1. The van der Waals surface area contributed by atoms with Crippen molar-refractivity contribution in [3.05, 3.63) is 53.7 Å². The first-order chi connectivity index (χ1) is 11.6. The molecule has 0 saturated carbocycles. The molecule has 2 aromatic rings. The number of nitrogens with one attached hydrogen (secondary N) is 2. The van der Waals surface area contributed by atoms with Gasteiger partial charge in [-0.3, -0.25) is 4.79 Å². The summed E-state index contributed by atoms with van der Waals surface area (Å²) >= 11 is 0. The van der Waals surface area contributed by atoms with Gasteiger partial charge in [0.1, 0.15) is 11.6 Å². The van der Waals surface area contributed by atoms with Crippen molar-refractivity contribution < 1.29 is 9.53 Å². The molecule has 1 heterocycles. The molecule has 5 heteroatoms. The SMILES string of the molecule is CCC(C)NC(=O)c1ccc(NCCc2ccccc2OC)nc1. The Hall–Kier alpha value is -2.56. The van der Waals surface area contributed by atoms with Gasteiger partial charge in [0, 0.05) is 18.8 Å². The van der Waals surface area contributed by atoms with Crippen molar-refractivity contribution in [3.63, 3.8) is 0 Å². The Bertz CT molecular complexity index is 656. The van der Waals surface area contributed by atoms with Crippen LogP contribution in [0.5, 0.6) is 5.75 Å². The molecule has 0 spiro atoms. The monoisotopic (exact) mass is 327 g/mol. The van der Waals surface area contributed by atoms with E-state index in [4.69, 9.17) is 4.74 Å². The minimum atomic E-state index is -0.0857. The fourth-order valence-electron chi connectivity index (χ4n) is 2.28. The zero-order valence-electron chi connectivity index (χ0n) is 14.5. The van der Waals surface area contributed by atoms with Crippen LogP contribution in [0.1, 0.15) is 36.2 Å². The largest absolute Gasteiger partial charge is 0.496 e. The quantitative estimate of drug-likeness (QED) is 0.781. The number of methoxy groups -OCH3 is 1. The number of rotatable bonds is 8. The first-order valence-corrected chi connectivity index (χ1v) is 8.26. The van der Waals surface area contributed by atoms with E-state index in [1.165, 1.54) is 0 Å². The molecule has 1 unspecified atom stereocenters. The Morgan fingerprint density at radius 2 is 2.04 bits per heavy atom. The van der Waals surface area contributed by atoms with Crippen molar-refractivity contribution in [2.24, 2.45) is 0 Å². The molecular weight excluding hydrogens is 302 g/mol. The van der Waals surface area contributed by atoms with Gasteiger partial charge in [0.05, 0.1) is 12.7 Å². The van der Waals surface area contributed by atoms with E-state index in [9.17, 15) is 4.79 Å². The smallest absolute Gasteiger partial charge is 0.253 e. The highest BCUT2D eigenvalue weighted by Crippen LogP contribution is 2.17. The summed E-state index contributed by atoms with van der Waals surface area (Å²) in [7, 11) is 1.68. The summed E-state index contributed by atoms with van der Waals surface area (Å²) in [6.45, 7) is 4.77. The van der Waals surface area contributed by atoms with Gasteiger partial charge in [-0.05, 0) is 43.5 Å². The molecule has 2 rings (SSSR count). The highest BCUT2D eigenvalue weighted by atomic mass is 16.5. The highest BCUT2D eigenvalue weighted by molar-refractivity contribution is 5.94. The van der Waals surface area contributed by atoms with Gasteiger partial charge in [0.15, 0.2) is 0 Å². The lowest BCUT2D eigenvalue weighted by Gasteiger charge is -2.12. The molecule has 128 valence electrons. The summed E-state index contributed by atoms with van der Waals surface area (Å²) in [5.74, 6) is 1.56. The summed E-state index contributed by atoms with van der Waals surface area (Å²) < 4.78 is 5.34. The van der Waals surface area contributed by atoms with Crippen molar-refractivity contribution >= 4 is 11.7 Å². The molecule has 1 aromatic carbocycles. The van der Waals surface area contributed by atoms with Crippen molar-refractivity contribution in [1.82, 2.24) is 10.3 Å². The van der Waals surface area contributed by atoms with Crippen molar-refractivity contribution in [1.29, 1.82) is 0 Å². The molecule has 0 fully saturated rings. The fraction of sp³-hybridized carbons (Fsp3) is 0.368. The first kappa shape index (κ1) is 17.8. The second kappa shape index (κ2) is 8.91. The van der Waals surface area contributed by atoms with Crippen LogP contribution in [0.2, 0.25) is 0 Å². The number of hydrogen-bond acceptors (Lipinski definition) is 4. The predicted molar refractivity (Wildman–Crippen MR) is 96.6 cm³/mol. The molecular formula is C19H25N3O2. The number of amides is 1. The van der Waals surface area contributed by atoms with Crippen LogP contribution in [0.3, 0.4) is 0 Å². The molecule has 2 N–H and O–H groups in total. The van der Waals surface area contributed by atoms with Crippen LogP contribution >= 0.6 is 0 Å². The van der Waals surface area contributed by atoms with Crippen LogP contribution in [0.4, 0.5) is 5.82 Å². The van der Waals surface area contributed by atoms with E-state index in [-0.39, 0.29) is 11.9 Å². The summed E-state index contributed by atoms with van der Waals surface area (Å²) in [5.41, 5.74) is 1.72. The molecule has 24 heavy (non-hydrogen) atoms. The van der Waals surface area contributed by atoms with Gasteiger partial charge in [0.2, 0.25) is 0 Å². The van der Waals surface area contributed by atoms with E-state index in [1.807, 2.05) is 38.1 Å². The minimum Gasteiger partial charge on any atom is -0.496 e. The van der Waals surface area contributed by atoms with Gasteiger partial charge in [-0.2, -0.15) is 0 Å². The molecule has 0 aliphatic rings. The van der Waals surface area contributed by atoms with Gasteiger partial charge in [0.25, 0.3) is 5.91 Å². The molecule has 0 aliphatic heterocycles. The lowest BCUT2D eigenvalue weighted by molar-refractivity contribution is 0.0939. The van der Waals surface area contributed by atoms with Crippen LogP contribution in [-0.4, -0.2) is 30.6 Å².